The van der Waals surface area contributed by atoms with Gasteiger partial charge in [-0.05, 0) is 36.6 Å². The van der Waals surface area contributed by atoms with Gasteiger partial charge in [-0.2, -0.15) is 0 Å². The fourth-order valence-electron chi connectivity index (χ4n) is 4.11. The molecule has 27 heavy (non-hydrogen) atoms. The van der Waals surface area contributed by atoms with Crippen LogP contribution in [0.3, 0.4) is 0 Å². The minimum atomic E-state index is -1.03. The largest absolute Gasteiger partial charge is 1.00 e. The summed E-state index contributed by atoms with van der Waals surface area (Å²) < 4.78 is 1.93. The number of hydrogen-bond donors (Lipinski definition) is 0. The molecule has 0 aliphatic carbocycles. The number of nitrogens with zero attached hydrogens (tertiary/aromatic N) is 2. The van der Waals surface area contributed by atoms with Gasteiger partial charge in [0.25, 0.3) is 0 Å². The third-order valence-electron chi connectivity index (χ3n) is 5.31. The van der Waals surface area contributed by atoms with Crippen LogP contribution in [0.2, 0.25) is 0 Å². The number of aryl methyl sites for hydroxylation is 1. The molecule has 1 aromatic heterocycles. The van der Waals surface area contributed by atoms with E-state index in [2.05, 4.69) is 41.3 Å². The van der Waals surface area contributed by atoms with Crippen LogP contribution in [0.5, 0.6) is 0 Å². The van der Waals surface area contributed by atoms with E-state index < -0.39 is 5.97 Å². The van der Waals surface area contributed by atoms with Crippen molar-refractivity contribution in [1.82, 2.24) is 9.47 Å². The molecule has 0 N–H and O–H groups in total. The Labute approximate surface area is 182 Å². The molecular formula is C22H23N2NaO2. The number of aromatic nitrogens is 1. The number of aliphatic carboxylic acids is 1. The predicted molar refractivity (Wildman–Crippen MR) is 101 cm³/mol. The van der Waals surface area contributed by atoms with Crippen molar-refractivity contribution in [2.75, 3.05) is 13.1 Å². The van der Waals surface area contributed by atoms with Gasteiger partial charge in [-0.15, -0.1) is 0 Å². The number of rotatable bonds is 6. The van der Waals surface area contributed by atoms with E-state index in [-0.39, 0.29) is 36.1 Å². The van der Waals surface area contributed by atoms with Crippen LogP contribution in [-0.4, -0.2) is 28.5 Å². The number of carboxylic acids is 1. The number of para-hydroxylation sites is 1. The fourth-order valence-corrected chi connectivity index (χ4v) is 4.11. The first kappa shape index (κ1) is 20.2. The number of hydrogen-bond acceptors (Lipinski definition) is 3. The Bertz CT molecular complexity index is 921. The predicted octanol–water partition coefficient (Wildman–Crippen LogP) is -0.614. The van der Waals surface area contributed by atoms with Crippen LogP contribution in [0.15, 0.2) is 54.6 Å². The van der Waals surface area contributed by atoms with Gasteiger partial charge in [-0.3, -0.25) is 4.90 Å². The smallest absolute Gasteiger partial charge is 0.548 e. The van der Waals surface area contributed by atoms with E-state index in [4.69, 9.17) is 0 Å². The molecule has 0 radical (unpaired) electrons. The average molecular weight is 370 g/mol. The first-order valence-corrected chi connectivity index (χ1v) is 9.27. The van der Waals surface area contributed by atoms with Crippen LogP contribution in [0.25, 0.3) is 10.9 Å². The van der Waals surface area contributed by atoms with Crippen molar-refractivity contribution in [3.63, 3.8) is 0 Å². The maximum absolute atomic E-state index is 11.2. The molecule has 0 amide bonds. The Morgan fingerprint density at radius 1 is 1.04 bits per heavy atom. The van der Waals surface area contributed by atoms with Crippen molar-refractivity contribution in [1.29, 1.82) is 0 Å². The summed E-state index contributed by atoms with van der Waals surface area (Å²) in [6, 6.07) is 18.7. The summed E-state index contributed by atoms with van der Waals surface area (Å²) >= 11 is 0. The maximum Gasteiger partial charge on any atom is 1.00 e. The van der Waals surface area contributed by atoms with E-state index in [9.17, 15) is 9.90 Å². The van der Waals surface area contributed by atoms with Gasteiger partial charge in [0.05, 0.1) is 12.5 Å². The van der Waals surface area contributed by atoms with Crippen LogP contribution in [0.1, 0.15) is 23.2 Å². The van der Waals surface area contributed by atoms with E-state index in [0.29, 0.717) is 0 Å². The first-order chi connectivity index (χ1) is 12.7. The quantitative estimate of drug-likeness (QED) is 0.544. The van der Waals surface area contributed by atoms with E-state index in [1.807, 2.05) is 22.8 Å². The van der Waals surface area contributed by atoms with Gasteiger partial charge in [0.15, 0.2) is 0 Å². The average Bonchev–Trinajstić information content (AvgIpc) is 2.96. The van der Waals surface area contributed by atoms with Crippen molar-refractivity contribution < 1.29 is 39.5 Å². The molecule has 0 saturated carbocycles. The molecule has 2 aromatic carbocycles. The van der Waals surface area contributed by atoms with Gasteiger partial charge in [-0.25, -0.2) is 0 Å². The SMILES string of the molecule is O=C([O-])Cn1c2c(c3ccccc31)CN(CCCc1ccccc1)CC2.[Na+]. The topological polar surface area (TPSA) is 48.3 Å². The molecule has 0 bridgehead atoms. The molecule has 0 unspecified atom stereocenters. The van der Waals surface area contributed by atoms with Crippen molar-refractivity contribution in [2.45, 2.75) is 32.4 Å². The zero-order valence-corrected chi connectivity index (χ0v) is 17.9. The Morgan fingerprint density at radius 2 is 1.78 bits per heavy atom. The van der Waals surface area contributed by atoms with E-state index in [0.717, 1.165) is 50.1 Å². The molecule has 0 saturated heterocycles. The molecule has 3 aromatic rings. The molecule has 4 nitrogen and oxygen atoms in total. The maximum atomic E-state index is 11.2. The number of carbonyl (C=O) groups excluding carboxylic acids is 1. The van der Waals surface area contributed by atoms with Crippen LogP contribution in [0.4, 0.5) is 0 Å². The third kappa shape index (κ3) is 4.46. The molecule has 5 heteroatoms. The number of carbonyl (C=O) groups is 1. The summed E-state index contributed by atoms with van der Waals surface area (Å²) in [5.74, 6) is -1.03. The molecule has 134 valence electrons. The van der Waals surface area contributed by atoms with Crippen LogP contribution < -0.4 is 34.7 Å². The summed E-state index contributed by atoms with van der Waals surface area (Å²) in [4.78, 5) is 13.7. The van der Waals surface area contributed by atoms with Crippen molar-refractivity contribution in [3.05, 3.63) is 71.4 Å². The normalized spacial score (nSPS) is 13.9. The van der Waals surface area contributed by atoms with Crippen LogP contribution >= 0.6 is 0 Å². The van der Waals surface area contributed by atoms with E-state index in [1.54, 1.807) is 0 Å². The molecule has 2 heterocycles. The van der Waals surface area contributed by atoms with Gasteiger partial charge >= 0.3 is 29.6 Å². The van der Waals surface area contributed by atoms with Crippen molar-refractivity contribution in [3.8, 4) is 0 Å². The minimum Gasteiger partial charge on any atom is -0.548 e. The molecule has 1 aliphatic rings. The first-order valence-electron chi connectivity index (χ1n) is 9.27. The van der Waals surface area contributed by atoms with E-state index >= 15 is 0 Å². The molecule has 0 atom stereocenters. The zero-order valence-electron chi connectivity index (χ0n) is 15.9. The second kappa shape index (κ2) is 9.07. The monoisotopic (exact) mass is 370 g/mol. The summed E-state index contributed by atoms with van der Waals surface area (Å²) in [6.07, 6.45) is 3.12. The number of benzene rings is 2. The van der Waals surface area contributed by atoms with Crippen molar-refractivity contribution in [2.24, 2.45) is 0 Å². The van der Waals surface area contributed by atoms with Crippen molar-refractivity contribution >= 4 is 16.9 Å². The Morgan fingerprint density at radius 3 is 2.56 bits per heavy atom. The zero-order chi connectivity index (χ0) is 17.9. The van der Waals surface area contributed by atoms with Gasteiger partial charge in [0.2, 0.25) is 0 Å². The molecule has 1 aliphatic heterocycles. The van der Waals surface area contributed by atoms with Gasteiger partial charge in [0.1, 0.15) is 0 Å². The minimum absolute atomic E-state index is 0. The Kier molecular flexibility index (Phi) is 6.77. The van der Waals surface area contributed by atoms with Crippen LogP contribution in [-0.2, 0) is 30.7 Å². The second-order valence-electron chi connectivity index (χ2n) is 7.02. The standard InChI is InChI=1S/C22H24N2O2.Na/c25-22(26)16-24-20-11-5-4-10-18(20)19-15-23(14-12-21(19)24)13-6-9-17-7-2-1-3-8-17;/h1-5,7-8,10-11H,6,9,12-16H2,(H,25,26);/q;+1/p-1. The second-order valence-corrected chi connectivity index (χ2v) is 7.02. The summed E-state index contributed by atoms with van der Waals surface area (Å²) in [7, 11) is 0. The Hall–Kier alpha value is -1.59. The fraction of sp³-hybridized carbons (Fsp3) is 0.318. The summed E-state index contributed by atoms with van der Waals surface area (Å²) in [5.41, 5.74) is 4.84. The summed E-state index contributed by atoms with van der Waals surface area (Å²) in [5, 5.41) is 12.4. The molecule has 0 spiro atoms. The summed E-state index contributed by atoms with van der Waals surface area (Å²) in [6.45, 7) is 2.87. The Balaban J connectivity index is 0.00000210. The third-order valence-corrected chi connectivity index (χ3v) is 5.31. The van der Waals surface area contributed by atoms with Gasteiger partial charge < -0.3 is 14.5 Å². The van der Waals surface area contributed by atoms with Gasteiger partial charge in [0, 0.05) is 36.1 Å². The number of carboxylic acid groups (broad SMARTS) is 1. The van der Waals surface area contributed by atoms with E-state index in [1.165, 1.54) is 16.5 Å². The van der Waals surface area contributed by atoms with Crippen LogP contribution in [0, 0.1) is 0 Å². The van der Waals surface area contributed by atoms with Gasteiger partial charge in [-0.1, -0.05) is 48.5 Å². The molecule has 0 fully saturated rings. The molecular weight excluding hydrogens is 347 g/mol. The molecule has 4 rings (SSSR count). The number of fused-ring (bicyclic) bond motifs is 3.